The Morgan fingerprint density at radius 2 is 2.05 bits per heavy atom. The van der Waals surface area contributed by atoms with E-state index in [1.54, 1.807) is 18.2 Å². The summed E-state index contributed by atoms with van der Waals surface area (Å²) in [5, 5.41) is 16.2. The first kappa shape index (κ1) is 23.8. The van der Waals surface area contributed by atoms with Crippen LogP contribution in [0.4, 0.5) is 10.8 Å². The highest BCUT2D eigenvalue weighted by molar-refractivity contribution is 6.08. The van der Waals surface area contributed by atoms with Crippen LogP contribution in [0.1, 0.15) is 64.6 Å². The van der Waals surface area contributed by atoms with Gasteiger partial charge in [-0.05, 0) is 30.7 Å². The molecule has 1 aliphatic carbocycles. The molecule has 12 nitrogen and oxygen atoms in total. The number of ether oxygens (including phenoxy) is 1. The van der Waals surface area contributed by atoms with Crippen LogP contribution < -0.4 is 20.7 Å². The predicted octanol–water partition coefficient (Wildman–Crippen LogP) is 2.71. The lowest BCUT2D eigenvalue weighted by Crippen LogP contribution is -2.52. The molecule has 1 saturated heterocycles. The third-order valence-corrected chi connectivity index (χ3v) is 7.27. The minimum absolute atomic E-state index is 0.107. The van der Waals surface area contributed by atoms with Crippen molar-refractivity contribution >= 4 is 29.9 Å². The first-order valence-electron chi connectivity index (χ1n) is 12.3. The van der Waals surface area contributed by atoms with Crippen molar-refractivity contribution in [1.29, 1.82) is 0 Å². The molecule has 1 aromatic carbocycles. The molecule has 38 heavy (non-hydrogen) atoms. The van der Waals surface area contributed by atoms with Crippen molar-refractivity contribution < 1.29 is 28.0 Å². The summed E-state index contributed by atoms with van der Waals surface area (Å²) in [5.74, 6) is 0.572. The average molecular weight is 519 g/mol. The Morgan fingerprint density at radius 3 is 2.79 bits per heavy atom. The van der Waals surface area contributed by atoms with Crippen LogP contribution in [-0.4, -0.2) is 53.1 Å². The standard InChI is InChI=1S/C26H26N6O6/c1-4-27-25-31-30-21(38-25)17-8-6-14-9-19(37-20(14)13(17)2)26(23(34)28-24(35)29-26)12-32-11-15-5-7-16(36-3)10-18(15)22(32)33/h5-10,13,17H,4,11-12H2,1-3H3,(H,27,31)(H2,28,29,34,35). The molecule has 4 amide bonds. The number of methoxy groups -OCH3 is 1. The minimum Gasteiger partial charge on any atom is -0.497 e. The van der Waals surface area contributed by atoms with Gasteiger partial charge in [-0.25, -0.2) is 4.79 Å². The highest BCUT2D eigenvalue weighted by Crippen LogP contribution is 2.43. The number of furan rings is 1. The number of nitrogens with zero attached hydrogens (tertiary/aromatic N) is 3. The third-order valence-electron chi connectivity index (χ3n) is 7.27. The highest BCUT2D eigenvalue weighted by Gasteiger charge is 2.53. The molecule has 0 saturated carbocycles. The lowest BCUT2D eigenvalue weighted by atomic mass is 9.85. The number of hydrogen-bond donors (Lipinski definition) is 3. The van der Waals surface area contributed by atoms with Crippen LogP contribution in [0.5, 0.6) is 5.75 Å². The van der Waals surface area contributed by atoms with E-state index in [0.717, 1.165) is 11.1 Å². The molecule has 3 atom stereocenters. The number of benzene rings is 1. The van der Waals surface area contributed by atoms with Crippen molar-refractivity contribution in [2.24, 2.45) is 0 Å². The number of hydrogen-bond acceptors (Lipinski definition) is 9. The van der Waals surface area contributed by atoms with Crippen LogP contribution >= 0.6 is 0 Å². The number of allylic oxidation sites excluding steroid dienone is 1. The van der Waals surface area contributed by atoms with Crippen LogP contribution in [0, 0.1) is 0 Å². The molecular formula is C26H26N6O6. The number of aromatic nitrogens is 2. The summed E-state index contributed by atoms with van der Waals surface area (Å²) in [6, 6.07) is 6.70. The van der Waals surface area contributed by atoms with Gasteiger partial charge in [0.05, 0.1) is 19.6 Å². The Kier molecular flexibility index (Phi) is 5.47. The number of carbonyl (C=O) groups is 3. The summed E-state index contributed by atoms with van der Waals surface area (Å²) in [6.45, 7) is 4.72. The monoisotopic (exact) mass is 518 g/mol. The van der Waals surface area contributed by atoms with Gasteiger partial charge in [0.1, 0.15) is 17.3 Å². The molecule has 2 aliphatic heterocycles. The second-order valence-electron chi connectivity index (χ2n) is 9.58. The van der Waals surface area contributed by atoms with Gasteiger partial charge in [0.25, 0.3) is 11.8 Å². The van der Waals surface area contributed by atoms with Crippen molar-refractivity contribution in [3.05, 3.63) is 64.4 Å². The van der Waals surface area contributed by atoms with Crippen LogP contribution in [0.25, 0.3) is 6.08 Å². The number of carbonyl (C=O) groups excluding carboxylic acids is 3. The Balaban J connectivity index is 1.32. The summed E-state index contributed by atoms with van der Waals surface area (Å²) in [6.07, 6.45) is 3.82. The molecule has 0 spiro atoms. The van der Waals surface area contributed by atoms with Gasteiger partial charge < -0.3 is 29.1 Å². The molecular weight excluding hydrogens is 492 g/mol. The largest absolute Gasteiger partial charge is 0.497 e. The number of imide groups is 1. The Labute approximate surface area is 217 Å². The first-order valence-corrected chi connectivity index (χ1v) is 12.3. The van der Waals surface area contributed by atoms with Gasteiger partial charge in [0, 0.05) is 30.1 Å². The lowest BCUT2D eigenvalue weighted by Gasteiger charge is -2.29. The molecule has 6 rings (SSSR count). The van der Waals surface area contributed by atoms with Crippen molar-refractivity contribution in [2.75, 3.05) is 25.5 Å². The van der Waals surface area contributed by atoms with Crippen molar-refractivity contribution in [2.45, 2.75) is 37.8 Å². The number of urea groups is 1. The van der Waals surface area contributed by atoms with E-state index in [1.165, 1.54) is 12.0 Å². The van der Waals surface area contributed by atoms with Gasteiger partial charge in [0.2, 0.25) is 5.89 Å². The maximum atomic E-state index is 13.3. The Morgan fingerprint density at radius 1 is 1.21 bits per heavy atom. The highest BCUT2D eigenvalue weighted by atomic mass is 16.5. The van der Waals surface area contributed by atoms with E-state index in [-0.39, 0.29) is 36.6 Å². The van der Waals surface area contributed by atoms with Gasteiger partial charge in [-0.3, -0.25) is 14.9 Å². The quantitative estimate of drug-likeness (QED) is 0.401. The zero-order valence-corrected chi connectivity index (χ0v) is 21.0. The summed E-state index contributed by atoms with van der Waals surface area (Å²) in [4.78, 5) is 40.4. The van der Waals surface area contributed by atoms with E-state index in [9.17, 15) is 14.4 Å². The molecule has 2 aromatic heterocycles. The van der Waals surface area contributed by atoms with Crippen molar-refractivity contribution in [3.63, 3.8) is 0 Å². The number of anilines is 1. The fourth-order valence-electron chi connectivity index (χ4n) is 5.28. The molecule has 3 unspecified atom stereocenters. The van der Waals surface area contributed by atoms with Gasteiger partial charge in [-0.15, -0.1) is 5.10 Å². The van der Waals surface area contributed by atoms with Gasteiger partial charge in [0.15, 0.2) is 5.54 Å². The fourth-order valence-corrected chi connectivity index (χ4v) is 5.28. The van der Waals surface area contributed by atoms with E-state index in [4.69, 9.17) is 13.6 Å². The number of amides is 4. The van der Waals surface area contributed by atoms with E-state index in [2.05, 4.69) is 26.1 Å². The lowest BCUT2D eigenvalue weighted by molar-refractivity contribution is -0.125. The fraction of sp³-hybridized carbons (Fsp3) is 0.346. The van der Waals surface area contributed by atoms with Gasteiger partial charge in [-0.1, -0.05) is 30.2 Å². The van der Waals surface area contributed by atoms with Gasteiger partial charge >= 0.3 is 12.0 Å². The summed E-state index contributed by atoms with van der Waals surface area (Å²) in [5.41, 5.74) is 0.482. The van der Waals surface area contributed by atoms with E-state index in [0.29, 0.717) is 35.5 Å². The first-order chi connectivity index (χ1) is 18.3. The zero-order chi connectivity index (χ0) is 26.6. The third kappa shape index (κ3) is 3.63. The average Bonchev–Trinajstić information content (AvgIpc) is 3.67. The Hall–Kier alpha value is -4.61. The summed E-state index contributed by atoms with van der Waals surface area (Å²) < 4.78 is 17.3. The SMILES string of the molecule is CCNc1nnc(C2C=Cc3cc(C4(CN5Cc6ccc(OC)cc6C5=O)NC(=O)NC4=O)oc3C2C)o1. The molecule has 0 bridgehead atoms. The maximum Gasteiger partial charge on any atom is 0.322 e. The van der Waals surface area contributed by atoms with Crippen LogP contribution in [0.2, 0.25) is 0 Å². The van der Waals surface area contributed by atoms with Crippen molar-refractivity contribution in [1.82, 2.24) is 25.7 Å². The van der Waals surface area contributed by atoms with Crippen LogP contribution in [-0.2, 0) is 16.9 Å². The minimum atomic E-state index is -1.60. The normalized spacial score (nSPS) is 23.8. The number of nitrogens with one attached hydrogen (secondary N) is 3. The summed E-state index contributed by atoms with van der Waals surface area (Å²) in [7, 11) is 1.53. The predicted molar refractivity (Wildman–Crippen MR) is 133 cm³/mol. The van der Waals surface area contributed by atoms with E-state index >= 15 is 0 Å². The molecule has 12 heteroatoms. The Bertz CT molecular complexity index is 1490. The second-order valence-corrected chi connectivity index (χ2v) is 9.58. The van der Waals surface area contributed by atoms with Crippen LogP contribution in [0.15, 0.2) is 39.2 Å². The summed E-state index contributed by atoms with van der Waals surface area (Å²) >= 11 is 0. The molecule has 1 fully saturated rings. The maximum absolute atomic E-state index is 13.3. The molecule has 4 heterocycles. The molecule has 3 aromatic rings. The molecule has 3 N–H and O–H groups in total. The molecule has 3 aliphatic rings. The zero-order valence-electron chi connectivity index (χ0n) is 21.0. The number of rotatable bonds is 7. The molecule has 0 radical (unpaired) electrons. The number of fused-ring (bicyclic) bond motifs is 2. The topological polar surface area (TPSA) is 152 Å². The van der Waals surface area contributed by atoms with Gasteiger partial charge in [-0.2, -0.15) is 0 Å². The molecule has 196 valence electrons. The smallest absolute Gasteiger partial charge is 0.322 e. The van der Waals surface area contributed by atoms with Crippen LogP contribution in [0.3, 0.4) is 0 Å². The van der Waals surface area contributed by atoms with Crippen molar-refractivity contribution in [3.8, 4) is 5.75 Å². The second kappa shape index (κ2) is 8.75. The van der Waals surface area contributed by atoms with E-state index in [1.807, 2.05) is 32.1 Å². The van der Waals surface area contributed by atoms with E-state index < -0.39 is 17.5 Å².